The quantitative estimate of drug-likeness (QED) is 0.166. The first kappa shape index (κ1) is 25.3. The second-order valence-electron chi connectivity index (χ2n) is 6.28. The van der Waals surface area contributed by atoms with E-state index in [1.165, 1.54) is 0 Å². The molecule has 0 saturated carbocycles. The van der Waals surface area contributed by atoms with E-state index in [9.17, 15) is 29.1 Å². The maximum absolute atomic E-state index is 12.5. The second-order valence-corrected chi connectivity index (χ2v) is 6.28. The fourth-order valence-electron chi connectivity index (χ4n) is 2.21. The van der Waals surface area contributed by atoms with Gasteiger partial charge in [-0.1, -0.05) is 20.3 Å². The molecule has 12 nitrogen and oxygen atoms in total. The van der Waals surface area contributed by atoms with Crippen LogP contribution in [0.1, 0.15) is 33.1 Å². The Bertz CT molecular complexity index is 584. The first-order valence-electron chi connectivity index (χ1n) is 8.79. The molecule has 12 heteroatoms. The number of carbonyl (C=O) groups excluding carboxylic acids is 4. The van der Waals surface area contributed by atoms with E-state index in [1.54, 1.807) is 13.8 Å². The molecular formula is C16H29N5O7. The average molecular weight is 403 g/mol. The molecule has 0 aromatic rings. The van der Waals surface area contributed by atoms with Crippen LogP contribution in [-0.4, -0.2) is 71.1 Å². The lowest BCUT2D eigenvalue weighted by Crippen LogP contribution is -2.58. The van der Waals surface area contributed by atoms with Crippen LogP contribution in [0.4, 0.5) is 0 Å². The number of primary amides is 1. The van der Waals surface area contributed by atoms with Crippen molar-refractivity contribution in [2.24, 2.45) is 17.4 Å². The normalized spacial score (nSPS) is 14.9. The molecule has 0 aromatic carbocycles. The minimum atomic E-state index is -1.45. The predicted molar refractivity (Wildman–Crippen MR) is 97.5 cm³/mol. The van der Waals surface area contributed by atoms with E-state index in [-0.39, 0.29) is 25.3 Å². The Kier molecular flexibility index (Phi) is 11.4. The van der Waals surface area contributed by atoms with Gasteiger partial charge in [-0.15, -0.1) is 0 Å². The summed E-state index contributed by atoms with van der Waals surface area (Å²) in [6.07, 6.45) is 0.0201. The zero-order valence-electron chi connectivity index (χ0n) is 15.9. The summed E-state index contributed by atoms with van der Waals surface area (Å²) in [5.74, 6) is -4.68. The highest BCUT2D eigenvalue weighted by molar-refractivity contribution is 5.93. The number of nitrogens with two attached hydrogens (primary N) is 2. The molecule has 4 atom stereocenters. The van der Waals surface area contributed by atoms with Gasteiger partial charge < -0.3 is 37.6 Å². The number of nitrogens with one attached hydrogen (secondary N) is 3. The van der Waals surface area contributed by atoms with E-state index in [1.807, 2.05) is 0 Å². The van der Waals surface area contributed by atoms with E-state index in [0.29, 0.717) is 6.42 Å². The minimum absolute atomic E-state index is 0.245. The van der Waals surface area contributed by atoms with Crippen LogP contribution in [0.15, 0.2) is 0 Å². The highest BCUT2D eigenvalue weighted by atomic mass is 16.4. The number of aliphatic hydroxyl groups excluding tert-OH is 1. The summed E-state index contributed by atoms with van der Waals surface area (Å²) in [5, 5.41) is 25.4. The van der Waals surface area contributed by atoms with Crippen LogP contribution in [0, 0.1) is 5.92 Å². The van der Waals surface area contributed by atoms with Gasteiger partial charge in [0.1, 0.15) is 18.1 Å². The number of rotatable bonds is 13. The number of carboxylic acids is 1. The summed E-state index contributed by atoms with van der Waals surface area (Å²) in [4.78, 5) is 58.2. The zero-order chi connectivity index (χ0) is 21.9. The van der Waals surface area contributed by atoms with Crippen LogP contribution in [0.2, 0.25) is 0 Å². The topological polar surface area (TPSA) is 214 Å². The lowest BCUT2D eigenvalue weighted by atomic mass is 9.98. The molecule has 0 heterocycles. The van der Waals surface area contributed by atoms with Crippen LogP contribution in [0.5, 0.6) is 0 Å². The van der Waals surface area contributed by atoms with Crippen molar-refractivity contribution in [1.82, 2.24) is 16.0 Å². The van der Waals surface area contributed by atoms with Crippen LogP contribution < -0.4 is 27.4 Å². The molecule has 0 bridgehead atoms. The molecule has 0 rings (SSSR count). The van der Waals surface area contributed by atoms with Crippen LogP contribution in [0.3, 0.4) is 0 Å². The number of carbonyl (C=O) groups is 5. The van der Waals surface area contributed by atoms with Gasteiger partial charge in [-0.2, -0.15) is 0 Å². The lowest BCUT2D eigenvalue weighted by Gasteiger charge is -2.26. The molecule has 28 heavy (non-hydrogen) atoms. The molecule has 0 radical (unpaired) electrons. The fourth-order valence-corrected chi connectivity index (χ4v) is 2.21. The number of hydrogen-bond donors (Lipinski definition) is 7. The average Bonchev–Trinajstić information content (AvgIpc) is 2.65. The highest BCUT2D eigenvalue weighted by Crippen LogP contribution is 2.08. The second kappa shape index (κ2) is 12.6. The Morgan fingerprint density at radius 2 is 1.57 bits per heavy atom. The van der Waals surface area contributed by atoms with E-state index >= 15 is 0 Å². The Morgan fingerprint density at radius 3 is 2.00 bits per heavy atom. The summed E-state index contributed by atoms with van der Waals surface area (Å²) in [7, 11) is 0. The van der Waals surface area contributed by atoms with Crippen molar-refractivity contribution in [3.05, 3.63) is 0 Å². The number of aliphatic hydroxyl groups is 1. The summed E-state index contributed by atoms with van der Waals surface area (Å²) in [5.41, 5.74) is 10.2. The SMILES string of the molecule is CCC(C)C(NC(=O)CN)C(=O)NC(CO)C(=O)NC(CCC(N)=O)C(=O)O. The molecule has 0 aliphatic carbocycles. The number of amides is 4. The summed E-state index contributed by atoms with van der Waals surface area (Å²) in [6.45, 7) is 2.37. The molecule has 0 fully saturated rings. The maximum Gasteiger partial charge on any atom is 0.326 e. The Morgan fingerprint density at radius 1 is 1.00 bits per heavy atom. The molecule has 4 unspecified atom stereocenters. The largest absolute Gasteiger partial charge is 0.480 e. The van der Waals surface area contributed by atoms with Crippen LogP contribution >= 0.6 is 0 Å². The van der Waals surface area contributed by atoms with Gasteiger partial charge in [0.25, 0.3) is 0 Å². The Hall–Kier alpha value is -2.73. The molecule has 4 amide bonds. The summed E-state index contributed by atoms with van der Waals surface area (Å²) >= 11 is 0. The summed E-state index contributed by atoms with van der Waals surface area (Å²) < 4.78 is 0. The third kappa shape index (κ3) is 8.77. The zero-order valence-corrected chi connectivity index (χ0v) is 15.9. The van der Waals surface area contributed by atoms with E-state index < -0.39 is 54.3 Å². The van der Waals surface area contributed by atoms with Gasteiger partial charge in [0.2, 0.25) is 23.6 Å². The molecule has 160 valence electrons. The van der Waals surface area contributed by atoms with Crippen molar-refractivity contribution in [3.63, 3.8) is 0 Å². The Balaban J connectivity index is 5.12. The van der Waals surface area contributed by atoms with Gasteiger partial charge in [-0.3, -0.25) is 19.2 Å². The molecule has 0 aliphatic heterocycles. The molecular weight excluding hydrogens is 374 g/mol. The lowest BCUT2D eigenvalue weighted by molar-refractivity contribution is -0.143. The first-order chi connectivity index (χ1) is 13.1. The van der Waals surface area contributed by atoms with Gasteiger partial charge >= 0.3 is 5.97 Å². The third-order valence-corrected chi connectivity index (χ3v) is 4.11. The predicted octanol–water partition coefficient (Wildman–Crippen LogP) is -3.21. The summed E-state index contributed by atoms with van der Waals surface area (Å²) in [6, 6.07) is -3.87. The smallest absolute Gasteiger partial charge is 0.326 e. The molecule has 0 aliphatic rings. The number of aliphatic carboxylic acids is 1. The molecule has 0 saturated heterocycles. The number of hydrogen-bond acceptors (Lipinski definition) is 7. The first-order valence-corrected chi connectivity index (χ1v) is 8.79. The van der Waals surface area contributed by atoms with Crippen molar-refractivity contribution in [1.29, 1.82) is 0 Å². The van der Waals surface area contributed by atoms with Crippen molar-refractivity contribution < 1.29 is 34.2 Å². The van der Waals surface area contributed by atoms with Crippen molar-refractivity contribution in [3.8, 4) is 0 Å². The number of carboxylic acid groups (broad SMARTS) is 1. The van der Waals surface area contributed by atoms with E-state index in [0.717, 1.165) is 0 Å². The third-order valence-electron chi connectivity index (χ3n) is 4.11. The van der Waals surface area contributed by atoms with Gasteiger partial charge in [0, 0.05) is 6.42 Å². The Labute approximate surface area is 162 Å². The monoisotopic (exact) mass is 403 g/mol. The fraction of sp³-hybridized carbons (Fsp3) is 0.688. The van der Waals surface area contributed by atoms with Gasteiger partial charge in [0.05, 0.1) is 13.2 Å². The van der Waals surface area contributed by atoms with Gasteiger partial charge in [-0.25, -0.2) is 4.79 Å². The van der Waals surface area contributed by atoms with Crippen molar-refractivity contribution >= 4 is 29.6 Å². The standard InChI is InChI=1S/C16H29N5O7/c1-3-8(2)13(21-12(24)6-17)15(26)20-10(7-22)14(25)19-9(16(27)28)4-5-11(18)23/h8-10,13,22H,3-7,17H2,1-2H3,(H2,18,23)(H,19,25)(H,20,26)(H,21,24)(H,27,28). The van der Waals surface area contributed by atoms with E-state index in [4.69, 9.17) is 16.6 Å². The van der Waals surface area contributed by atoms with Crippen LogP contribution in [-0.2, 0) is 24.0 Å². The maximum atomic E-state index is 12.5. The molecule has 0 aromatic heterocycles. The molecule has 9 N–H and O–H groups in total. The van der Waals surface area contributed by atoms with E-state index in [2.05, 4.69) is 16.0 Å². The minimum Gasteiger partial charge on any atom is -0.480 e. The van der Waals surface area contributed by atoms with Crippen molar-refractivity contribution in [2.75, 3.05) is 13.2 Å². The van der Waals surface area contributed by atoms with Crippen molar-refractivity contribution in [2.45, 2.75) is 51.2 Å². The van der Waals surface area contributed by atoms with Crippen LogP contribution in [0.25, 0.3) is 0 Å². The highest BCUT2D eigenvalue weighted by Gasteiger charge is 2.31. The van der Waals surface area contributed by atoms with Gasteiger partial charge in [-0.05, 0) is 12.3 Å². The van der Waals surface area contributed by atoms with Gasteiger partial charge in [0.15, 0.2) is 0 Å². The molecule has 0 spiro atoms.